The van der Waals surface area contributed by atoms with Crippen molar-refractivity contribution in [3.63, 3.8) is 0 Å². The van der Waals surface area contributed by atoms with E-state index >= 15 is 0 Å². The van der Waals surface area contributed by atoms with E-state index in [2.05, 4.69) is 8.92 Å². The number of benzene rings is 8. The molecule has 0 radical (unpaired) electrons. The molecule has 4 aromatic heterocycles. The fourth-order valence-electron chi connectivity index (χ4n) is 9.47. The number of phenols is 3. The van der Waals surface area contributed by atoms with Crippen LogP contribution in [-0.4, -0.2) is 148 Å². The van der Waals surface area contributed by atoms with Gasteiger partial charge in [-0.2, -0.15) is 51.6 Å². The van der Waals surface area contributed by atoms with Gasteiger partial charge in [-0.1, -0.05) is 78.9 Å². The number of ether oxygens (including phenoxy) is 4. The Kier molecular flexibility index (Phi) is 41.0. The number of sulfonamides is 1. The monoisotopic (exact) mass is 1760 g/mol. The summed E-state index contributed by atoms with van der Waals surface area (Å²) in [6, 6.07) is 47.7. The van der Waals surface area contributed by atoms with E-state index in [1.54, 1.807) is 109 Å². The van der Waals surface area contributed by atoms with E-state index in [0.717, 1.165) is 71.9 Å². The molecule has 115 heavy (non-hydrogen) atoms. The van der Waals surface area contributed by atoms with Gasteiger partial charge in [0.2, 0.25) is 0 Å². The number of methoxy groups -OCH3 is 1. The molecule has 0 spiro atoms. The van der Waals surface area contributed by atoms with Crippen LogP contribution in [0, 0.1) is 0 Å². The van der Waals surface area contributed by atoms with Crippen LogP contribution in [0.15, 0.2) is 197 Å². The Morgan fingerprint density at radius 3 is 1.47 bits per heavy atom. The molecule has 0 aliphatic rings. The molecule has 9 N–H and O–H groups in total. The first-order valence-electron chi connectivity index (χ1n) is 32.5. The molecule has 0 bridgehead atoms. The molecule has 24 nitrogen and oxygen atoms in total. The van der Waals surface area contributed by atoms with Gasteiger partial charge in [0.1, 0.15) is 29.6 Å². The molecule has 8 aromatic carbocycles. The third kappa shape index (κ3) is 30.4. The standard InChI is InChI=1S/C20H20O6S2.C10H7F3O4S2.C10H8O3S.C10H12O3.C9H8O2S.C8H8F3NO2S.C7H10BNO2.Al.ClH.Li.4H/c1-3-24-20(21)12-15-6-4-5-7-17(15)25-13-14-10-18(26-28(2,22)23)16-8-9-27-19(16)11-14;11-10(12,13)19(15,16)17-8-3-6(5-14)4-9-7(8)1-2-18-9;1-13-10(12)6-4-8(11)7-2-3-14-9(7)5-6;1-2-13-10(12)7-8-5-3-4-6-9(8)11;10-5-6-3-8(11)7-1-2-12-9(7)4-6;1-12(7-5-3-2-4-6-7)15(13,14)8(9,10)11;9-5-6-2-1-3-7(4-6)8(10)11;;;;;;;/h4-11H,3,12-13H2,1-2H3;1-4,14H,5H2;2-5,11H,1H3;3-6,11H,2,7H2,1H3;1-4,10-11H,5H2;2-6H,1H3;1-4,10-11H,5,9H2;;1H;;;;;/q;;;;;;;;;+1;;;;-1. The summed E-state index contributed by atoms with van der Waals surface area (Å²) in [5.74, 6) is -0.160. The Labute approximate surface area is 704 Å². The van der Waals surface area contributed by atoms with Crippen molar-refractivity contribution in [2.45, 2.75) is 64.1 Å². The Hall–Kier alpha value is -8.68. The normalized spacial score (nSPS) is 10.9. The van der Waals surface area contributed by atoms with Crippen LogP contribution in [0.2, 0.25) is 0 Å². The van der Waals surface area contributed by atoms with Crippen LogP contribution in [0.3, 0.4) is 0 Å². The molecule has 41 heteroatoms. The molecular formula is C74H78AlBClF6LiN2O22S7. The second kappa shape index (κ2) is 46.9. The maximum atomic E-state index is 12.3. The third-order valence-corrected chi connectivity index (χ3v) is 21.2. The minimum atomic E-state index is -5.72. The van der Waals surface area contributed by atoms with Gasteiger partial charge in [0.05, 0.1) is 63.9 Å². The van der Waals surface area contributed by atoms with Gasteiger partial charge in [0, 0.05) is 65.1 Å². The number of aliphatic hydroxyl groups excluding tert-OH is 2. The van der Waals surface area contributed by atoms with Crippen molar-refractivity contribution >= 4 is 182 Å². The van der Waals surface area contributed by atoms with Gasteiger partial charge >= 0.3 is 85.2 Å². The maximum Gasteiger partial charge on any atom is 1.00 e. The maximum absolute atomic E-state index is 12.3. The summed E-state index contributed by atoms with van der Waals surface area (Å²) in [4.78, 5) is 34.0. The Morgan fingerprint density at radius 1 is 0.530 bits per heavy atom. The fourth-order valence-corrected chi connectivity index (χ4v) is 14.6. The number of nitrogens with zero attached hydrogens (tertiary/aromatic N) is 1. The molecule has 12 aromatic rings. The van der Waals surface area contributed by atoms with Crippen LogP contribution in [0.1, 0.15) is 59.0 Å². The Morgan fingerprint density at radius 2 is 0.983 bits per heavy atom. The number of hydrogen-bond donors (Lipinski definition) is 8. The number of anilines is 1. The van der Waals surface area contributed by atoms with Gasteiger partial charge in [0.25, 0.3) is 0 Å². The second-order valence-electron chi connectivity index (χ2n) is 22.8. The number of thiophene rings is 4. The van der Waals surface area contributed by atoms with E-state index in [1.165, 1.54) is 77.5 Å². The van der Waals surface area contributed by atoms with Crippen molar-refractivity contribution in [1.82, 2.24) is 0 Å². The first-order chi connectivity index (χ1) is 52.9. The smallest absolute Gasteiger partial charge is 1.00 e. The SMILES string of the molecule is CCOC(=O)Cc1ccccc1O.CCOC(=O)Cc1ccccc1OCc1cc(OS(C)(=O)=O)c2ccsc2c1.CN(c1ccccc1)S(=O)(=O)C(F)(F)F.COC(=O)c1cc(O)c2ccsc2c1.Cl.NCc1cccc(B(O)O)c1.O=S(=O)(Oc1cc(CO)cc2sccc12)C(F)(F)F.OCc1cc(O)c2ccsc2c1.[AlH3].[H-].[Li+]. The van der Waals surface area contributed by atoms with Gasteiger partial charge in [-0.15, -0.1) is 57.8 Å². The predicted octanol–water partition coefficient (Wildman–Crippen LogP) is 9.69. The minimum absolute atomic E-state index is 0. The van der Waals surface area contributed by atoms with Crippen LogP contribution in [0.25, 0.3) is 40.3 Å². The van der Waals surface area contributed by atoms with Crippen LogP contribution >= 0.6 is 57.8 Å². The fraction of sp³-hybridized carbons (Fsp3) is 0.203. The van der Waals surface area contributed by atoms with Crippen LogP contribution in [-0.2, 0) is 93.3 Å². The Bertz CT molecular complexity index is 5500. The molecule has 0 atom stereocenters. The van der Waals surface area contributed by atoms with Crippen molar-refractivity contribution < 1.29 is 149 Å². The zero-order valence-electron chi connectivity index (χ0n) is 62.1. The second-order valence-corrected chi connectivity index (χ2v) is 31.6. The molecule has 0 saturated heterocycles. The van der Waals surface area contributed by atoms with Crippen molar-refractivity contribution in [1.29, 1.82) is 0 Å². The zero-order chi connectivity index (χ0) is 82.7. The summed E-state index contributed by atoms with van der Waals surface area (Å²) in [5, 5.41) is 73.6. The predicted molar refractivity (Wildman–Crippen MR) is 437 cm³/mol. The van der Waals surface area contributed by atoms with Gasteiger partial charge in [0.15, 0.2) is 28.9 Å². The summed E-state index contributed by atoms with van der Waals surface area (Å²) in [7, 11) is -13.9. The van der Waals surface area contributed by atoms with Gasteiger partial charge in [-0.3, -0.25) is 13.9 Å². The largest absolute Gasteiger partial charge is 1.00 e. The van der Waals surface area contributed by atoms with Gasteiger partial charge < -0.3 is 70.1 Å². The average molecular weight is 1770 g/mol. The quantitative estimate of drug-likeness (QED) is 0.00878. The van der Waals surface area contributed by atoms with Gasteiger partial charge in [-0.05, 0) is 160 Å². The number of halogens is 7. The molecular weight excluding hydrogens is 1690 g/mol. The van der Waals surface area contributed by atoms with E-state index in [9.17, 15) is 81.3 Å². The van der Waals surface area contributed by atoms with Crippen molar-refractivity contribution in [3.05, 3.63) is 236 Å². The van der Waals surface area contributed by atoms with E-state index in [4.69, 9.17) is 44.4 Å². The number of hydrogen-bond acceptors (Lipinski definition) is 27. The van der Waals surface area contributed by atoms with E-state index < -0.39 is 66.7 Å². The third-order valence-electron chi connectivity index (χ3n) is 14.8. The van der Waals surface area contributed by atoms with Crippen molar-refractivity contribution in [2.75, 3.05) is 37.9 Å². The molecule has 12 rings (SSSR count). The average Bonchev–Trinajstić information content (AvgIpc) is 1.46. The van der Waals surface area contributed by atoms with Crippen LogP contribution in [0.4, 0.5) is 32.0 Å². The number of rotatable bonds is 20. The van der Waals surface area contributed by atoms with Gasteiger partial charge in [-0.25, -0.2) is 4.79 Å². The molecule has 0 aliphatic carbocycles. The summed E-state index contributed by atoms with van der Waals surface area (Å²) in [6.45, 7) is 4.37. The summed E-state index contributed by atoms with van der Waals surface area (Å²) < 4.78 is 173. The van der Waals surface area contributed by atoms with E-state index in [1.807, 2.05) is 70.7 Å². The number of phenolic OH excluding ortho intramolecular Hbond substituents is 3. The number of aromatic hydroxyl groups is 3. The molecule has 0 saturated carbocycles. The molecule has 4 heterocycles. The first-order valence-corrected chi connectivity index (χ1v) is 40.7. The van der Waals surface area contributed by atoms with Crippen molar-refractivity contribution in [2.24, 2.45) is 5.73 Å². The number of esters is 3. The van der Waals surface area contributed by atoms with E-state index in [0.29, 0.717) is 46.8 Å². The summed E-state index contributed by atoms with van der Waals surface area (Å²) in [6.07, 6.45) is 1.26. The van der Waals surface area contributed by atoms with Crippen LogP contribution < -0.4 is 47.5 Å². The first kappa shape index (κ1) is 101. The topological polar surface area (TPSA) is 380 Å². The number of alkyl halides is 6. The molecule has 0 unspecified atom stereocenters. The van der Waals surface area contributed by atoms with Crippen molar-refractivity contribution in [3.8, 4) is 34.5 Å². The van der Waals surface area contributed by atoms with E-state index in [-0.39, 0.29) is 132 Å². The minimum Gasteiger partial charge on any atom is -1.00 e. The number of para-hydroxylation sites is 3. The summed E-state index contributed by atoms with van der Waals surface area (Å²) >= 11 is 5.72. The number of carbonyl (C=O) groups is 3. The zero-order valence-corrected chi connectivity index (χ0v) is 67.6. The molecule has 0 fully saturated rings. The number of nitrogens with two attached hydrogens (primary N) is 1. The molecule has 0 aliphatic heterocycles. The Balaban J connectivity index is 0.000000467. The summed E-state index contributed by atoms with van der Waals surface area (Å²) in [5.41, 5.74) is -0.592. The molecule has 0 amide bonds. The van der Waals surface area contributed by atoms with Crippen LogP contribution in [0.5, 0.6) is 34.5 Å². The number of aliphatic hydroxyl groups is 2. The number of fused-ring (bicyclic) bond motifs is 4. The molecule has 614 valence electrons. The number of carbonyl (C=O) groups excluding carboxylic acids is 3.